The quantitative estimate of drug-likeness (QED) is 0.556. The van der Waals surface area contributed by atoms with E-state index in [-0.39, 0.29) is 5.91 Å². The normalized spacial score (nSPS) is 10.8. The van der Waals surface area contributed by atoms with E-state index in [1.165, 1.54) is 4.70 Å². The van der Waals surface area contributed by atoms with Gasteiger partial charge in [0.2, 0.25) is 0 Å². The number of rotatable bonds is 5. The molecule has 1 N–H and O–H groups in total. The Hall–Kier alpha value is -2.98. The van der Waals surface area contributed by atoms with Crippen molar-refractivity contribution in [2.24, 2.45) is 0 Å². The summed E-state index contributed by atoms with van der Waals surface area (Å²) in [6.45, 7) is 0.523. The highest BCUT2D eigenvalue weighted by Crippen LogP contribution is 2.24. The average Bonchev–Trinajstić information content (AvgIpc) is 3.09. The summed E-state index contributed by atoms with van der Waals surface area (Å²) in [5.74, 6) is -0.0504. The minimum absolute atomic E-state index is 0.0504. The minimum atomic E-state index is -0.0504. The van der Waals surface area contributed by atoms with Crippen LogP contribution in [-0.4, -0.2) is 10.9 Å². The van der Waals surface area contributed by atoms with Crippen LogP contribution in [-0.2, 0) is 13.0 Å². The minimum Gasteiger partial charge on any atom is -0.348 e. The lowest BCUT2D eigenvalue weighted by Gasteiger charge is -2.09. The van der Waals surface area contributed by atoms with E-state index < -0.39 is 0 Å². The standard InChI is InChI=1S/C22H18N2OS/c25-22(23-15-16-8-2-1-3-9-16)18-11-5-4-10-17(18)14-21-24-19-12-6-7-13-20(19)26-21/h1-13H,14-15H2,(H,23,25). The van der Waals surface area contributed by atoms with Crippen molar-refractivity contribution in [3.63, 3.8) is 0 Å². The van der Waals surface area contributed by atoms with Crippen molar-refractivity contribution in [1.29, 1.82) is 0 Å². The van der Waals surface area contributed by atoms with Gasteiger partial charge in [0.25, 0.3) is 5.91 Å². The third-order valence-corrected chi connectivity index (χ3v) is 5.27. The van der Waals surface area contributed by atoms with Crippen LogP contribution in [0.25, 0.3) is 10.2 Å². The monoisotopic (exact) mass is 358 g/mol. The maximum atomic E-state index is 12.7. The molecule has 4 heteroatoms. The molecule has 0 spiro atoms. The topological polar surface area (TPSA) is 42.0 Å². The van der Waals surface area contributed by atoms with Crippen molar-refractivity contribution in [2.75, 3.05) is 0 Å². The largest absolute Gasteiger partial charge is 0.348 e. The van der Waals surface area contributed by atoms with E-state index in [9.17, 15) is 4.79 Å². The number of hydrogen-bond acceptors (Lipinski definition) is 3. The highest BCUT2D eigenvalue weighted by atomic mass is 32.1. The van der Waals surface area contributed by atoms with E-state index >= 15 is 0 Å². The number of benzene rings is 3. The van der Waals surface area contributed by atoms with Crippen LogP contribution in [0.3, 0.4) is 0 Å². The number of thiazole rings is 1. The third-order valence-electron chi connectivity index (χ3n) is 4.24. The van der Waals surface area contributed by atoms with Crippen molar-refractivity contribution in [2.45, 2.75) is 13.0 Å². The SMILES string of the molecule is O=C(NCc1ccccc1)c1ccccc1Cc1nc2ccccc2s1. The van der Waals surface area contributed by atoms with E-state index in [0.29, 0.717) is 18.5 Å². The summed E-state index contributed by atoms with van der Waals surface area (Å²) in [4.78, 5) is 17.4. The Bertz CT molecular complexity index is 1010. The van der Waals surface area contributed by atoms with Crippen molar-refractivity contribution >= 4 is 27.5 Å². The molecule has 3 nitrogen and oxygen atoms in total. The fourth-order valence-electron chi connectivity index (χ4n) is 2.93. The number of fused-ring (bicyclic) bond motifs is 1. The molecule has 0 bridgehead atoms. The van der Waals surface area contributed by atoms with Crippen molar-refractivity contribution in [1.82, 2.24) is 10.3 Å². The molecule has 0 saturated carbocycles. The summed E-state index contributed by atoms with van der Waals surface area (Å²) >= 11 is 1.68. The predicted molar refractivity (Wildman–Crippen MR) is 106 cm³/mol. The summed E-state index contributed by atoms with van der Waals surface area (Å²) in [6.07, 6.45) is 0.661. The Labute approximate surface area is 156 Å². The molecule has 1 heterocycles. The van der Waals surface area contributed by atoms with E-state index in [4.69, 9.17) is 0 Å². The van der Waals surface area contributed by atoms with Crippen LogP contribution >= 0.6 is 11.3 Å². The highest BCUT2D eigenvalue weighted by molar-refractivity contribution is 7.18. The molecule has 0 aliphatic heterocycles. The summed E-state index contributed by atoms with van der Waals surface area (Å²) < 4.78 is 1.17. The van der Waals surface area contributed by atoms with Gasteiger partial charge in [-0.2, -0.15) is 0 Å². The van der Waals surface area contributed by atoms with Crippen LogP contribution in [0, 0.1) is 0 Å². The molecule has 3 aromatic carbocycles. The first-order chi connectivity index (χ1) is 12.8. The molecule has 0 unspecified atom stereocenters. The van der Waals surface area contributed by atoms with Crippen molar-refractivity contribution < 1.29 is 4.79 Å². The van der Waals surface area contributed by atoms with E-state index in [0.717, 1.165) is 21.7 Å². The van der Waals surface area contributed by atoms with E-state index in [1.54, 1.807) is 11.3 Å². The zero-order valence-corrected chi connectivity index (χ0v) is 15.0. The smallest absolute Gasteiger partial charge is 0.251 e. The van der Waals surface area contributed by atoms with Gasteiger partial charge < -0.3 is 5.32 Å². The molecule has 128 valence electrons. The fraction of sp³-hybridized carbons (Fsp3) is 0.0909. The molecule has 0 atom stereocenters. The molecule has 0 aliphatic carbocycles. The fourth-order valence-corrected chi connectivity index (χ4v) is 3.92. The first kappa shape index (κ1) is 16.5. The number of para-hydroxylation sites is 1. The van der Waals surface area contributed by atoms with Crippen LogP contribution in [0.1, 0.15) is 26.5 Å². The molecule has 4 rings (SSSR count). The number of amides is 1. The molecular formula is C22H18N2OS. The summed E-state index contributed by atoms with van der Waals surface area (Å²) in [5, 5.41) is 4.03. The predicted octanol–water partition coefficient (Wildman–Crippen LogP) is 4.82. The first-order valence-corrected chi connectivity index (χ1v) is 9.36. The molecule has 0 radical (unpaired) electrons. The first-order valence-electron chi connectivity index (χ1n) is 8.54. The number of nitrogens with one attached hydrogen (secondary N) is 1. The second-order valence-corrected chi connectivity index (χ2v) is 7.19. The summed E-state index contributed by atoms with van der Waals surface area (Å²) in [7, 11) is 0. The molecule has 0 aliphatic rings. The molecule has 26 heavy (non-hydrogen) atoms. The van der Waals surface area contributed by atoms with Crippen LogP contribution in [0.15, 0.2) is 78.9 Å². The Morgan fingerprint density at radius 2 is 1.62 bits per heavy atom. The third kappa shape index (κ3) is 3.65. The lowest BCUT2D eigenvalue weighted by atomic mass is 10.0. The number of nitrogens with zero attached hydrogens (tertiary/aromatic N) is 1. The number of aromatic nitrogens is 1. The van der Waals surface area contributed by atoms with Gasteiger partial charge in [0.15, 0.2) is 0 Å². The zero-order valence-electron chi connectivity index (χ0n) is 14.2. The van der Waals surface area contributed by atoms with E-state index in [1.807, 2.05) is 72.8 Å². The molecule has 0 saturated heterocycles. The van der Waals surface area contributed by atoms with Gasteiger partial charge in [0.1, 0.15) is 0 Å². The Kier molecular flexibility index (Phi) is 4.75. The molecule has 4 aromatic rings. The number of carbonyl (C=O) groups excluding carboxylic acids is 1. The number of carbonyl (C=O) groups is 1. The maximum Gasteiger partial charge on any atom is 0.251 e. The lowest BCUT2D eigenvalue weighted by Crippen LogP contribution is -2.24. The van der Waals surface area contributed by atoms with Gasteiger partial charge in [-0.05, 0) is 29.3 Å². The molecule has 1 aromatic heterocycles. The Morgan fingerprint density at radius 1 is 0.885 bits per heavy atom. The Morgan fingerprint density at radius 3 is 2.46 bits per heavy atom. The Balaban J connectivity index is 1.53. The highest BCUT2D eigenvalue weighted by Gasteiger charge is 2.13. The van der Waals surface area contributed by atoms with Crippen LogP contribution < -0.4 is 5.32 Å². The average molecular weight is 358 g/mol. The van der Waals surface area contributed by atoms with Crippen molar-refractivity contribution in [3.05, 3.63) is 101 Å². The van der Waals surface area contributed by atoms with E-state index in [2.05, 4.69) is 16.4 Å². The lowest BCUT2D eigenvalue weighted by molar-refractivity contribution is 0.0950. The van der Waals surface area contributed by atoms with Gasteiger partial charge in [-0.1, -0.05) is 60.7 Å². The second kappa shape index (κ2) is 7.50. The van der Waals surface area contributed by atoms with Gasteiger partial charge in [-0.15, -0.1) is 11.3 Å². The summed E-state index contributed by atoms with van der Waals surface area (Å²) in [6, 6.07) is 25.8. The maximum absolute atomic E-state index is 12.7. The molecule has 0 fully saturated rings. The van der Waals surface area contributed by atoms with Gasteiger partial charge in [-0.3, -0.25) is 4.79 Å². The second-order valence-electron chi connectivity index (χ2n) is 6.08. The molecule has 1 amide bonds. The van der Waals surface area contributed by atoms with Gasteiger partial charge in [-0.25, -0.2) is 4.98 Å². The van der Waals surface area contributed by atoms with Crippen LogP contribution in [0.4, 0.5) is 0 Å². The van der Waals surface area contributed by atoms with Crippen LogP contribution in [0.2, 0.25) is 0 Å². The zero-order chi connectivity index (χ0) is 17.8. The van der Waals surface area contributed by atoms with Crippen LogP contribution in [0.5, 0.6) is 0 Å². The van der Waals surface area contributed by atoms with Crippen molar-refractivity contribution in [3.8, 4) is 0 Å². The van der Waals surface area contributed by atoms with Gasteiger partial charge in [0, 0.05) is 18.5 Å². The van der Waals surface area contributed by atoms with Gasteiger partial charge >= 0.3 is 0 Å². The molecular weight excluding hydrogens is 340 g/mol. The van der Waals surface area contributed by atoms with Gasteiger partial charge in [0.05, 0.1) is 15.2 Å². The number of hydrogen-bond donors (Lipinski definition) is 1. The summed E-state index contributed by atoms with van der Waals surface area (Å²) in [5.41, 5.74) is 3.81.